The maximum absolute atomic E-state index is 5.55. The van der Waals surface area contributed by atoms with Crippen LogP contribution >= 0.6 is 24.0 Å². The molecule has 25 heavy (non-hydrogen) atoms. The standard InChI is InChI=1S/C18H27N5O.HI/c1-13-14(2)24-17(22-13)12-21-18(19-3)20-11-10-15-6-8-16(9-7-15)23(4)5;/h6-9H,10-12H2,1-5H3,(H2,19,20,21);1H. The average Bonchev–Trinajstić information content (AvgIpc) is 2.89. The van der Waals surface area contributed by atoms with Gasteiger partial charge in [0.1, 0.15) is 5.76 Å². The number of nitrogens with zero attached hydrogens (tertiary/aromatic N) is 3. The summed E-state index contributed by atoms with van der Waals surface area (Å²) in [6.45, 7) is 5.19. The topological polar surface area (TPSA) is 65.7 Å². The van der Waals surface area contributed by atoms with E-state index in [1.807, 2.05) is 27.9 Å². The Morgan fingerprint density at radius 2 is 1.84 bits per heavy atom. The second kappa shape index (κ2) is 10.3. The highest BCUT2D eigenvalue weighted by Gasteiger charge is 2.06. The number of hydrogen-bond acceptors (Lipinski definition) is 4. The summed E-state index contributed by atoms with van der Waals surface area (Å²) >= 11 is 0. The molecule has 0 fully saturated rings. The molecule has 1 aromatic heterocycles. The van der Waals surface area contributed by atoms with Crippen molar-refractivity contribution in [3.05, 3.63) is 47.2 Å². The molecule has 0 amide bonds. The maximum Gasteiger partial charge on any atom is 0.214 e. The van der Waals surface area contributed by atoms with Gasteiger partial charge in [0.25, 0.3) is 0 Å². The van der Waals surface area contributed by atoms with Crippen molar-refractivity contribution in [1.82, 2.24) is 15.6 Å². The zero-order valence-corrected chi connectivity index (χ0v) is 17.9. The highest BCUT2D eigenvalue weighted by molar-refractivity contribution is 14.0. The van der Waals surface area contributed by atoms with Crippen molar-refractivity contribution in [1.29, 1.82) is 0 Å². The molecular weight excluding hydrogens is 429 g/mol. The predicted octanol–water partition coefficient (Wildman–Crippen LogP) is 2.88. The van der Waals surface area contributed by atoms with Gasteiger partial charge in [0, 0.05) is 33.4 Å². The van der Waals surface area contributed by atoms with E-state index in [1.165, 1.54) is 11.3 Å². The lowest BCUT2D eigenvalue weighted by atomic mass is 10.1. The van der Waals surface area contributed by atoms with Gasteiger partial charge < -0.3 is 20.0 Å². The van der Waals surface area contributed by atoms with Crippen LogP contribution in [0.3, 0.4) is 0 Å². The van der Waals surface area contributed by atoms with Gasteiger partial charge in [-0.2, -0.15) is 0 Å². The highest BCUT2D eigenvalue weighted by atomic mass is 127. The summed E-state index contributed by atoms with van der Waals surface area (Å²) in [7, 11) is 5.85. The minimum absolute atomic E-state index is 0. The molecule has 2 rings (SSSR count). The number of anilines is 1. The van der Waals surface area contributed by atoms with Gasteiger partial charge >= 0.3 is 0 Å². The summed E-state index contributed by atoms with van der Waals surface area (Å²) in [5.41, 5.74) is 3.43. The number of aryl methyl sites for hydroxylation is 2. The van der Waals surface area contributed by atoms with Crippen LogP contribution in [0.2, 0.25) is 0 Å². The molecule has 0 aliphatic carbocycles. The Labute approximate surface area is 167 Å². The summed E-state index contributed by atoms with van der Waals surface area (Å²) in [6.07, 6.45) is 0.936. The first kappa shape index (κ1) is 21.3. The number of rotatable bonds is 6. The van der Waals surface area contributed by atoms with Gasteiger partial charge in [-0.3, -0.25) is 4.99 Å². The molecule has 2 N–H and O–H groups in total. The first-order valence-corrected chi connectivity index (χ1v) is 8.13. The van der Waals surface area contributed by atoms with Crippen molar-refractivity contribution in [2.24, 2.45) is 4.99 Å². The van der Waals surface area contributed by atoms with Crippen LogP contribution in [0.15, 0.2) is 33.7 Å². The highest BCUT2D eigenvalue weighted by Crippen LogP contribution is 2.12. The fourth-order valence-electron chi connectivity index (χ4n) is 2.28. The molecule has 6 nitrogen and oxygen atoms in total. The van der Waals surface area contributed by atoms with Gasteiger partial charge in [0.15, 0.2) is 5.96 Å². The molecule has 0 saturated carbocycles. The first-order chi connectivity index (χ1) is 11.5. The molecule has 0 bridgehead atoms. The van der Waals surface area contributed by atoms with Crippen LogP contribution in [0, 0.1) is 13.8 Å². The van der Waals surface area contributed by atoms with Crippen molar-refractivity contribution < 1.29 is 4.42 Å². The molecule has 2 aromatic rings. The van der Waals surface area contributed by atoms with Gasteiger partial charge in [-0.1, -0.05) is 12.1 Å². The summed E-state index contributed by atoms with van der Waals surface area (Å²) in [5.74, 6) is 2.27. The smallest absolute Gasteiger partial charge is 0.214 e. The molecule has 7 heteroatoms. The maximum atomic E-state index is 5.55. The summed E-state index contributed by atoms with van der Waals surface area (Å²) in [5, 5.41) is 6.52. The van der Waals surface area contributed by atoms with Crippen LogP contribution in [-0.2, 0) is 13.0 Å². The lowest BCUT2D eigenvalue weighted by Gasteiger charge is -2.13. The Hall–Kier alpha value is -1.77. The molecule has 0 radical (unpaired) electrons. The molecule has 138 valence electrons. The van der Waals surface area contributed by atoms with Crippen molar-refractivity contribution in [2.45, 2.75) is 26.8 Å². The predicted molar refractivity (Wildman–Crippen MR) is 114 cm³/mol. The number of nitrogens with one attached hydrogen (secondary N) is 2. The Balaban J connectivity index is 0.00000312. The Morgan fingerprint density at radius 1 is 1.16 bits per heavy atom. The average molecular weight is 457 g/mol. The van der Waals surface area contributed by atoms with Gasteiger partial charge in [0.2, 0.25) is 5.89 Å². The fourth-order valence-corrected chi connectivity index (χ4v) is 2.28. The second-order valence-electron chi connectivity index (χ2n) is 5.91. The number of aromatic nitrogens is 1. The van der Waals surface area contributed by atoms with E-state index < -0.39 is 0 Å². The van der Waals surface area contributed by atoms with E-state index in [9.17, 15) is 0 Å². The van der Waals surface area contributed by atoms with Crippen LogP contribution in [-0.4, -0.2) is 38.6 Å². The van der Waals surface area contributed by atoms with E-state index in [2.05, 4.69) is 49.8 Å². The lowest BCUT2D eigenvalue weighted by Crippen LogP contribution is -2.37. The first-order valence-electron chi connectivity index (χ1n) is 8.13. The number of oxazole rings is 1. The number of guanidine groups is 1. The van der Waals surface area contributed by atoms with Crippen LogP contribution < -0.4 is 15.5 Å². The van der Waals surface area contributed by atoms with E-state index in [-0.39, 0.29) is 24.0 Å². The quantitative estimate of drug-likeness (QED) is 0.397. The van der Waals surface area contributed by atoms with Crippen LogP contribution in [0.4, 0.5) is 5.69 Å². The SMILES string of the molecule is CN=C(NCCc1ccc(N(C)C)cc1)NCc1nc(C)c(C)o1.I. The van der Waals surface area contributed by atoms with Gasteiger partial charge in [-0.05, 0) is 38.0 Å². The number of hydrogen-bond donors (Lipinski definition) is 2. The molecule has 1 heterocycles. The lowest BCUT2D eigenvalue weighted by molar-refractivity contribution is 0.464. The van der Waals surface area contributed by atoms with Crippen LogP contribution in [0.25, 0.3) is 0 Å². The van der Waals surface area contributed by atoms with Gasteiger partial charge in [0.05, 0.1) is 12.2 Å². The number of benzene rings is 1. The minimum Gasteiger partial charge on any atom is -0.444 e. The van der Waals surface area contributed by atoms with Crippen LogP contribution in [0.5, 0.6) is 0 Å². The Bertz CT molecular complexity index is 660. The Morgan fingerprint density at radius 3 is 2.36 bits per heavy atom. The minimum atomic E-state index is 0. The summed E-state index contributed by atoms with van der Waals surface area (Å²) in [6, 6.07) is 8.59. The number of halogens is 1. The molecular formula is C18H28IN5O. The van der Waals surface area contributed by atoms with Crippen molar-refractivity contribution in [2.75, 3.05) is 32.6 Å². The third-order valence-corrected chi connectivity index (χ3v) is 3.86. The molecule has 1 aromatic carbocycles. The monoisotopic (exact) mass is 457 g/mol. The fraction of sp³-hybridized carbons (Fsp3) is 0.444. The van der Waals surface area contributed by atoms with Gasteiger partial charge in [-0.15, -0.1) is 24.0 Å². The number of aliphatic imine (C=N–C) groups is 1. The second-order valence-corrected chi connectivity index (χ2v) is 5.91. The van der Waals surface area contributed by atoms with Crippen molar-refractivity contribution in [3.8, 4) is 0 Å². The summed E-state index contributed by atoms with van der Waals surface area (Å²) < 4.78 is 5.55. The molecule has 0 aliphatic rings. The van der Waals surface area contributed by atoms with Crippen molar-refractivity contribution >= 4 is 35.6 Å². The zero-order valence-electron chi connectivity index (χ0n) is 15.6. The molecule has 0 aliphatic heterocycles. The Kier molecular flexibility index (Phi) is 8.74. The molecule has 0 spiro atoms. The molecule has 0 unspecified atom stereocenters. The van der Waals surface area contributed by atoms with Crippen molar-refractivity contribution in [3.63, 3.8) is 0 Å². The van der Waals surface area contributed by atoms with Gasteiger partial charge in [-0.25, -0.2) is 4.98 Å². The zero-order chi connectivity index (χ0) is 17.5. The molecule has 0 saturated heterocycles. The van der Waals surface area contributed by atoms with E-state index in [1.54, 1.807) is 7.05 Å². The summed E-state index contributed by atoms with van der Waals surface area (Å²) in [4.78, 5) is 10.7. The largest absolute Gasteiger partial charge is 0.444 e. The molecule has 0 atom stereocenters. The van der Waals surface area contributed by atoms with E-state index in [4.69, 9.17) is 4.42 Å². The van der Waals surface area contributed by atoms with E-state index in [0.29, 0.717) is 12.4 Å². The normalized spacial score (nSPS) is 11.0. The third-order valence-electron chi connectivity index (χ3n) is 3.86. The van der Waals surface area contributed by atoms with E-state index >= 15 is 0 Å². The van der Waals surface area contributed by atoms with Crippen LogP contribution in [0.1, 0.15) is 22.9 Å². The van der Waals surface area contributed by atoms with E-state index in [0.717, 1.165) is 30.4 Å². The third kappa shape index (κ3) is 6.56.